The van der Waals surface area contributed by atoms with Crippen LogP contribution in [0.25, 0.3) is 0 Å². The second kappa shape index (κ2) is 6.57. The van der Waals surface area contributed by atoms with Crippen LogP contribution < -0.4 is 16.6 Å². The van der Waals surface area contributed by atoms with Crippen molar-refractivity contribution in [1.82, 2.24) is 20.2 Å². The van der Waals surface area contributed by atoms with E-state index < -0.39 is 5.69 Å². The van der Waals surface area contributed by atoms with Crippen LogP contribution in [-0.4, -0.2) is 39.4 Å². The van der Waals surface area contributed by atoms with Gasteiger partial charge in [-0.2, -0.15) is 0 Å². The Morgan fingerprint density at radius 1 is 1.04 bits per heavy atom. The van der Waals surface area contributed by atoms with Crippen LogP contribution in [0.3, 0.4) is 0 Å². The average Bonchev–Trinajstić information content (AvgIpc) is 2.93. The number of H-pyrrole nitrogens is 2. The van der Waals surface area contributed by atoms with Crippen molar-refractivity contribution in [1.29, 1.82) is 0 Å². The second-order valence-corrected chi connectivity index (χ2v) is 7.33. The Kier molecular flexibility index (Phi) is 4.24. The summed E-state index contributed by atoms with van der Waals surface area (Å²) in [6.07, 6.45) is 2.57. The summed E-state index contributed by atoms with van der Waals surface area (Å²) in [5.41, 5.74) is 0.689. The molecule has 0 radical (unpaired) electrons. The van der Waals surface area contributed by atoms with Crippen LogP contribution in [0.1, 0.15) is 36.4 Å². The smallest absolute Gasteiger partial charge is 0.325 e. The van der Waals surface area contributed by atoms with Gasteiger partial charge in [-0.25, -0.2) is 4.79 Å². The van der Waals surface area contributed by atoms with E-state index in [1.807, 2.05) is 30.3 Å². The predicted molar refractivity (Wildman–Crippen MR) is 96.9 cm³/mol. The van der Waals surface area contributed by atoms with Crippen molar-refractivity contribution in [2.24, 2.45) is 0 Å². The molecule has 3 heterocycles. The fraction of sp³-hybridized carbons (Fsp3) is 0.421. The van der Waals surface area contributed by atoms with Crippen LogP contribution in [0.2, 0.25) is 0 Å². The van der Waals surface area contributed by atoms with Crippen LogP contribution in [-0.2, 0) is 11.3 Å². The fourth-order valence-electron chi connectivity index (χ4n) is 4.15. The van der Waals surface area contributed by atoms with Crippen LogP contribution in [0, 0.1) is 0 Å². The molecule has 0 aliphatic carbocycles. The van der Waals surface area contributed by atoms with Crippen LogP contribution >= 0.6 is 0 Å². The minimum absolute atomic E-state index is 0.0770. The summed E-state index contributed by atoms with van der Waals surface area (Å²) >= 11 is 0. The van der Waals surface area contributed by atoms with E-state index in [2.05, 4.69) is 20.2 Å². The van der Waals surface area contributed by atoms with E-state index in [1.54, 1.807) is 0 Å². The minimum atomic E-state index is -0.477. The molecular formula is C19H22N4O3. The first-order valence-corrected chi connectivity index (χ1v) is 8.95. The van der Waals surface area contributed by atoms with Gasteiger partial charge in [-0.15, -0.1) is 0 Å². The zero-order valence-corrected chi connectivity index (χ0v) is 14.5. The van der Waals surface area contributed by atoms with Crippen molar-refractivity contribution in [2.45, 2.75) is 37.3 Å². The van der Waals surface area contributed by atoms with Crippen LogP contribution in [0.5, 0.6) is 0 Å². The number of carbonyl (C=O) groups excluding carboxylic acids is 1. The molecule has 1 amide bonds. The Balaban J connectivity index is 1.41. The van der Waals surface area contributed by atoms with E-state index in [4.69, 9.17) is 0 Å². The molecule has 136 valence electrons. The van der Waals surface area contributed by atoms with Crippen molar-refractivity contribution < 1.29 is 4.79 Å². The lowest BCUT2D eigenvalue weighted by Crippen LogP contribution is -2.50. The van der Waals surface area contributed by atoms with Gasteiger partial charge in [0, 0.05) is 36.9 Å². The van der Waals surface area contributed by atoms with Crippen molar-refractivity contribution in [3.8, 4) is 0 Å². The van der Waals surface area contributed by atoms with Gasteiger partial charge >= 0.3 is 5.69 Å². The number of nitrogens with zero attached hydrogens (tertiary/aromatic N) is 1. The Hall–Kier alpha value is -2.67. The number of carbonyl (C=O) groups is 1. The van der Waals surface area contributed by atoms with E-state index in [9.17, 15) is 14.4 Å². The van der Waals surface area contributed by atoms with Crippen LogP contribution in [0.4, 0.5) is 0 Å². The average molecular weight is 354 g/mol. The molecule has 26 heavy (non-hydrogen) atoms. The quantitative estimate of drug-likeness (QED) is 0.756. The number of hydrogen-bond acceptors (Lipinski definition) is 4. The van der Waals surface area contributed by atoms with Gasteiger partial charge in [0.05, 0.1) is 5.92 Å². The van der Waals surface area contributed by atoms with Crippen molar-refractivity contribution in [2.75, 3.05) is 13.1 Å². The number of benzene rings is 1. The molecule has 1 aromatic heterocycles. The van der Waals surface area contributed by atoms with E-state index in [-0.39, 0.29) is 22.9 Å². The summed E-state index contributed by atoms with van der Waals surface area (Å²) in [5.74, 6) is 0.0374. The number of hydrogen-bond donors (Lipinski definition) is 3. The summed E-state index contributed by atoms with van der Waals surface area (Å²) in [7, 11) is 0. The Bertz CT molecular complexity index is 882. The maximum absolute atomic E-state index is 12.5. The number of aromatic nitrogens is 2. The first kappa shape index (κ1) is 16.8. The largest absolute Gasteiger partial charge is 0.350 e. The van der Waals surface area contributed by atoms with Gasteiger partial charge in [0.1, 0.15) is 0 Å². The Morgan fingerprint density at radius 2 is 1.77 bits per heavy atom. The molecule has 7 heteroatoms. The third-order valence-corrected chi connectivity index (χ3v) is 5.52. The molecule has 2 fully saturated rings. The standard InChI is InChI=1S/C19H22N4O3/c24-16-10-14(20-18(26)21-16)12-23-8-6-19(7-9-23)11-15(17(25)22-19)13-4-2-1-3-5-13/h1-5,10,15H,6-9,11-12H2,(H,22,25)(H2,20,21,24,26)/t15-/m0/s1. The summed E-state index contributed by atoms with van der Waals surface area (Å²) in [6, 6.07) is 11.4. The van der Waals surface area contributed by atoms with Gasteiger partial charge in [-0.1, -0.05) is 30.3 Å². The van der Waals surface area contributed by atoms with E-state index >= 15 is 0 Å². The zero-order valence-electron chi connectivity index (χ0n) is 14.5. The summed E-state index contributed by atoms with van der Waals surface area (Å²) in [6.45, 7) is 2.17. The third kappa shape index (κ3) is 3.35. The molecule has 2 saturated heterocycles. The number of likely N-dealkylation sites (tertiary alicyclic amines) is 1. The molecule has 1 aromatic carbocycles. The van der Waals surface area contributed by atoms with Gasteiger partial charge in [0.15, 0.2) is 0 Å². The number of rotatable bonds is 3. The highest BCUT2D eigenvalue weighted by Gasteiger charge is 2.46. The Morgan fingerprint density at radius 3 is 2.46 bits per heavy atom. The highest BCUT2D eigenvalue weighted by atomic mass is 16.2. The first-order valence-electron chi connectivity index (χ1n) is 8.95. The molecule has 2 aliphatic rings. The van der Waals surface area contributed by atoms with Crippen LogP contribution in [0.15, 0.2) is 46.0 Å². The van der Waals surface area contributed by atoms with E-state index in [0.29, 0.717) is 12.2 Å². The molecule has 7 nitrogen and oxygen atoms in total. The van der Waals surface area contributed by atoms with E-state index in [1.165, 1.54) is 6.07 Å². The molecule has 0 bridgehead atoms. The van der Waals surface area contributed by atoms with Gasteiger partial charge in [-0.3, -0.25) is 19.5 Å². The number of aromatic amines is 2. The predicted octanol–water partition coefficient (Wildman–Crippen LogP) is 0.701. The molecule has 3 N–H and O–H groups in total. The molecule has 0 saturated carbocycles. The maximum atomic E-state index is 12.5. The normalized spacial score (nSPS) is 22.5. The molecular weight excluding hydrogens is 332 g/mol. The molecule has 4 rings (SSSR count). The van der Waals surface area contributed by atoms with E-state index in [0.717, 1.165) is 37.9 Å². The maximum Gasteiger partial charge on any atom is 0.325 e. The lowest BCUT2D eigenvalue weighted by Gasteiger charge is -2.39. The monoisotopic (exact) mass is 354 g/mol. The Labute approximate surface area is 150 Å². The fourth-order valence-corrected chi connectivity index (χ4v) is 4.15. The van der Waals surface area contributed by atoms with Gasteiger partial charge in [0.25, 0.3) is 5.56 Å². The number of amides is 1. The first-order chi connectivity index (χ1) is 12.5. The van der Waals surface area contributed by atoms with Crippen molar-refractivity contribution in [3.63, 3.8) is 0 Å². The summed E-state index contributed by atoms with van der Waals surface area (Å²) in [5, 5.41) is 3.24. The van der Waals surface area contributed by atoms with Crippen molar-refractivity contribution in [3.05, 3.63) is 68.5 Å². The summed E-state index contributed by atoms with van der Waals surface area (Å²) < 4.78 is 0. The highest BCUT2D eigenvalue weighted by molar-refractivity contribution is 5.87. The van der Waals surface area contributed by atoms with Crippen molar-refractivity contribution >= 4 is 5.91 Å². The third-order valence-electron chi connectivity index (χ3n) is 5.52. The molecule has 0 unspecified atom stereocenters. The van der Waals surface area contributed by atoms with Gasteiger partial charge in [0.2, 0.25) is 5.91 Å². The number of nitrogens with one attached hydrogen (secondary N) is 3. The van der Waals surface area contributed by atoms with Gasteiger partial charge in [-0.05, 0) is 24.8 Å². The van der Waals surface area contributed by atoms with Gasteiger partial charge < -0.3 is 10.3 Å². The summed E-state index contributed by atoms with van der Waals surface area (Å²) in [4.78, 5) is 42.4. The molecule has 2 aliphatic heterocycles. The lowest BCUT2D eigenvalue weighted by atomic mass is 9.82. The zero-order chi connectivity index (χ0) is 18.1. The topological polar surface area (TPSA) is 98.1 Å². The second-order valence-electron chi connectivity index (χ2n) is 7.33. The molecule has 1 spiro atoms. The number of piperidine rings is 1. The molecule has 1 atom stereocenters. The minimum Gasteiger partial charge on any atom is -0.350 e. The lowest BCUT2D eigenvalue weighted by molar-refractivity contribution is -0.121. The SMILES string of the molecule is O=C1NC2(CCN(Cc3cc(=O)[nH]c(=O)[nH]3)CC2)C[C@H]1c1ccccc1. The highest BCUT2D eigenvalue weighted by Crippen LogP contribution is 2.39. The molecule has 2 aromatic rings.